The van der Waals surface area contributed by atoms with Gasteiger partial charge in [-0.15, -0.1) is 0 Å². The molecule has 5 heteroatoms. The summed E-state index contributed by atoms with van der Waals surface area (Å²) < 4.78 is 17.7. The number of hydrogen-bond donors (Lipinski definition) is 1. The summed E-state index contributed by atoms with van der Waals surface area (Å²) in [4.78, 5) is 0. The van der Waals surface area contributed by atoms with E-state index in [4.69, 9.17) is 14.2 Å². The molecule has 1 rings (SSSR count). The van der Waals surface area contributed by atoms with Gasteiger partial charge in [-0.1, -0.05) is 15.9 Å². The van der Waals surface area contributed by atoms with Crippen LogP contribution in [0.1, 0.15) is 39.7 Å². The van der Waals surface area contributed by atoms with Crippen LogP contribution in [0.25, 0.3) is 0 Å². The van der Waals surface area contributed by atoms with Gasteiger partial charge in [0.15, 0.2) is 11.5 Å². The Morgan fingerprint density at radius 2 is 1.82 bits per heavy atom. The molecule has 0 aromatic heterocycles. The summed E-state index contributed by atoms with van der Waals surface area (Å²) in [5, 5.41) is 3.42. The minimum Gasteiger partial charge on any atom is -0.493 e. The van der Waals surface area contributed by atoms with E-state index in [0.29, 0.717) is 6.10 Å². The van der Waals surface area contributed by atoms with Gasteiger partial charge in [0.1, 0.15) is 0 Å². The Morgan fingerprint density at radius 3 is 2.41 bits per heavy atom. The largest absolute Gasteiger partial charge is 0.493 e. The molecule has 4 nitrogen and oxygen atoms in total. The molecule has 0 bridgehead atoms. The van der Waals surface area contributed by atoms with Crippen LogP contribution in [0.2, 0.25) is 0 Å². The highest BCUT2D eigenvalue weighted by Gasteiger charge is 2.11. The highest BCUT2D eigenvalue weighted by Crippen LogP contribution is 2.34. The molecule has 0 radical (unpaired) electrons. The monoisotopic (exact) mass is 373 g/mol. The number of nitrogens with one attached hydrogen (secondary N) is 1. The zero-order valence-corrected chi connectivity index (χ0v) is 15.8. The van der Waals surface area contributed by atoms with Crippen molar-refractivity contribution >= 4 is 15.9 Å². The van der Waals surface area contributed by atoms with Gasteiger partial charge in [0.05, 0.1) is 19.3 Å². The lowest BCUT2D eigenvalue weighted by Crippen LogP contribution is -2.17. The first-order valence-electron chi connectivity index (χ1n) is 7.79. The SMILES string of the molecule is COc1cc(CNCCCOC(C)C)c(Br)cc1OC(C)C. The molecule has 0 fully saturated rings. The molecule has 0 unspecified atom stereocenters. The van der Waals surface area contributed by atoms with Crippen molar-refractivity contribution in [2.45, 2.75) is 52.9 Å². The topological polar surface area (TPSA) is 39.7 Å². The molecule has 0 aliphatic heterocycles. The average Bonchev–Trinajstić information content (AvgIpc) is 2.43. The van der Waals surface area contributed by atoms with Gasteiger partial charge >= 0.3 is 0 Å². The van der Waals surface area contributed by atoms with E-state index in [1.807, 2.05) is 26.0 Å². The Balaban J connectivity index is 2.53. The Bertz CT molecular complexity index is 450. The van der Waals surface area contributed by atoms with E-state index in [1.54, 1.807) is 7.11 Å². The van der Waals surface area contributed by atoms with Crippen molar-refractivity contribution in [3.63, 3.8) is 0 Å². The fraction of sp³-hybridized carbons (Fsp3) is 0.647. The van der Waals surface area contributed by atoms with Crippen molar-refractivity contribution in [2.75, 3.05) is 20.3 Å². The molecule has 0 saturated carbocycles. The summed E-state index contributed by atoms with van der Waals surface area (Å²) >= 11 is 3.60. The van der Waals surface area contributed by atoms with Gasteiger partial charge in [0.25, 0.3) is 0 Å². The van der Waals surface area contributed by atoms with Crippen LogP contribution in [-0.4, -0.2) is 32.5 Å². The van der Waals surface area contributed by atoms with Crippen LogP contribution >= 0.6 is 15.9 Å². The van der Waals surface area contributed by atoms with E-state index >= 15 is 0 Å². The molecule has 0 aliphatic rings. The van der Waals surface area contributed by atoms with E-state index in [2.05, 4.69) is 35.1 Å². The first-order valence-corrected chi connectivity index (χ1v) is 8.58. The molecule has 0 heterocycles. The van der Waals surface area contributed by atoms with Gasteiger partial charge in [0, 0.05) is 17.6 Å². The highest BCUT2D eigenvalue weighted by atomic mass is 79.9. The Labute approximate surface area is 142 Å². The van der Waals surface area contributed by atoms with Crippen LogP contribution in [0.15, 0.2) is 16.6 Å². The summed E-state index contributed by atoms with van der Waals surface area (Å²) in [5.74, 6) is 1.52. The lowest BCUT2D eigenvalue weighted by Gasteiger charge is -2.16. The average molecular weight is 374 g/mol. The molecule has 22 heavy (non-hydrogen) atoms. The molecule has 1 aromatic carbocycles. The van der Waals surface area contributed by atoms with Gasteiger partial charge in [-0.2, -0.15) is 0 Å². The van der Waals surface area contributed by atoms with Crippen LogP contribution in [0, 0.1) is 0 Å². The second-order valence-corrected chi connectivity index (χ2v) is 6.57. The molecule has 0 amide bonds. The van der Waals surface area contributed by atoms with Crippen molar-refractivity contribution in [2.24, 2.45) is 0 Å². The first-order chi connectivity index (χ1) is 10.4. The quantitative estimate of drug-likeness (QED) is 0.625. The minimum absolute atomic E-state index is 0.116. The van der Waals surface area contributed by atoms with Crippen molar-refractivity contribution in [1.82, 2.24) is 5.32 Å². The van der Waals surface area contributed by atoms with Crippen molar-refractivity contribution < 1.29 is 14.2 Å². The predicted octanol–water partition coefficient (Wildman–Crippen LogP) is 4.15. The predicted molar refractivity (Wildman–Crippen MR) is 93.9 cm³/mol. The molecule has 0 aliphatic carbocycles. The molecular formula is C17H28BrNO3. The maximum absolute atomic E-state index is 5.76. The van der Waals surface area contributed by atoms with Crippen molar-refractivity contribution in [1.29, 1.82) is 0 Å². The second-order valence-electron chi connectivity index (χ2n) is 5.71. The van der Waals surface area contributed by atoms with E-state index < -0.39 is 0 Å². The number of halogens is 1. The zero-order valence-electron chi connectivity index (χ0n) is 14.2. The Kier molecular flexibility index (Phi) is 8.83. The highest BCUT2D eigenvalue weighted by molar-refractivity contribution is 9.10. The van der Waals surface area contributed by atoms with E-state index in [1.165, 1.54) is 0 Å². The maximum atomic E-state index is 5.76. The molecule has 1 aromatic rings. The lowest BCUT2D eigenvalue weighted by atomic mass is 10.2. The molecule has 0 spiro atoms. The molecule has 0 saturated heterocycles. The minimum atomic E-state index is 0.116. The fourth-order valence-electron chi connectivity index (χ4n) is 1.96. The molecule has 126 valence electrons. The zero-order chi connectivity index (χ0) is 16.5. The fourth-order valence-corrected chi connectivity index (χ4v) is 2.42. The number of rotatable bonds is 10. The first kappa shape index (κ1) is 19.3. The van der Waals surface area contributed by atoms with E-state index in [0.717, 1.165) is 47.7 Å². The lowest BCUT2D eigenvalue weighted by molar-refractivity contribution is 0.0770. The third-order valence-corrected chi connectivity index (χ3v) is 3.70. The Hall–Kier alpha value is -0.780. The summed E-state index contributed by atoms with van der Waals surface area (Å²) in [6.45, 7) is 10.6. The normalized spacial score (nSPS) is 11.3. The van der Waals surface area contributed by atoms with Gasteiger partial charge in [-0.25, -0.2) is 0 Å². The second kappa shape index (κ2) is 10.1. The van der Waals surface area contributed by atoms with Crippen LogP contribution in [-0.2, 0) is 11.3 Å². The van der Waals surface area contributed by atoms with Gasteiger partial charge in [-0.3, -0.25) is 0 Å². The summed E-state index contributed by atoms with van der Waals surface area (Å²) in [6.07, 6.45) is 1.42. The summed E-state index contributed by atoms with van der Waals surface area (Å²) in [6, 6.07) is 3.98. The van der Waals surface area contributed by atoms with Crippen LogP contribution in [0.4, 0.5) is 0 Å². The van der Waals surface area contributed by atoms with Crippen molar-refractivity contribution in [3.8, 4) is 11.5 Å². The number of benzene rings is 1. The Morgan fingerprint density at radius 1 is 1.09 bits per heavy atom. The third kappa shape index (κ3) is 6.99. The van der Waals surface area contributed by atoms with Crippen LogP contribution in [0.3, 0.4) is 0 Å². The molecular weight excluding hydrogens is 346 g/mol. The van der Waals surface area contributed by atoms with Gasteiger partial charge < -0.3 is 19.5 Å². The third-order valence-electron chi connectivity index (χ3n) is 2.96. The number of hydrogen-bond acceptors (Lipinski definition) is 4. The van der Waals surface area contributed by atoms with Gasteiger partial charge in [-0.05, 0) is 58.4 Å². The van der Waals surface area contributed by atoms with E-state index in [9.17, 15) is 0 Å². The number of ether oxygens (including phenoxy) is 3. The van der Waals surface area contributed by atoms with E-state index in [-0.39, 0.29) is 6.10 Å². The summed E-state index contributed by atoms with van der Waals surface area (Å²) in [7, 11) is 1.66. The smallest absolute Gasteiger partial charge is 0.162 e. The van der Waals surface area contributed by atoms with Gasteiger partial charge in [0.2, 0.25) is 0 Å². The standard InChI is InChI=1S/C17H28BrNO3/c1-12(2)21-8-6-7-19-11-14-9-16(20-5)17(10-15(14)18)22-13(3)4/h9-10,12-13,19H,6-8,11H2,1-5H3. The van der Waals surface area contributed by atoms with Crippen LogP contribution < -0.4 is 14.8 Å². The van der Waals surface area contributed by atoms with Crippen molar-refractivity contribution in [3.05, 3.63) is 22.2 Å². The molecule has 1 N–H and O–H groups in total. The summed E-state index contributed by atoms with van der Waals surface area (Å²) in [5.41, 5.74) is 1.15. The number of methoxy groups -OCH3 is 1. The van der Waals surface area contributed by atoms with Crippen LogP contribution in [0.5, 0.6) is 11.5 Å². The molecule has 0 atom stereocenters. The maximum Gasteiger partial charge on any atom is 0.162 e.